The van der Waals surface area contributed by atoms with Gasteiger partial charge in [-0.1, -0.05) is 81.4 Å². The number of aromatic nitrogens is 3. The van der Waals surface area contributed by atoms with Crippen LogP contribution in [0, 0.1) is 42.9 Å². The molecule has 0 radical (unpaired) electrons. The summed E-state index contributed by atoms with van der Waals surface area (Å²) in [5.41, 5.74) is 6.63. The molecule has 322 valence electrons. The Balaban J connectivity index is 0.00000285. The van der Waals surface area contributed by atoms with Crippen molar-refractivity contribution in [3.63, 3.8) is 0 Å². The van der Waals surface area contributed by atoms with Crippen molar-refractivity contribution in [2.45, 2.75) is 86.0 Å². The van der Waals surface area contributed by atoms with Crippen molar-refractivity contribution < 1.29 is 28.6 Å². The first kappa shape index (κ1) is 44.0. The molecule has 3 atom stereocenters. The molecule has 1 saturated carbocycles. The largest absolute Gasteiger partial charge is 0.458 e. The van der Waals surface area contributed by atoms with Crippen LogP contribution in [-0.4, -0.2) is 55.5 Å². The summed E-state index contributed by atoms with van der Waals surface area (Å²) in [5.74, 6) is 2.13. The maximum Gasteiger partial charge on any atom is 0.343 e. The zero-order chi connectivity index (χ0) is 44.2. The fourth-order valence-corrected chi connectivity index (χ4v) is 9.85. The zero-order valence-corrected chi connectivity index (χ0v) is 37.1. The van der Waals surface area contributed by atoms with E-state index in [0.717, 1.165) is 59.4 Å². The highest BCUT2D eigenvalue weighted by Gasteiger charge is 2.41. The minimum absolute atomic E-state index is 0.0571. The molecule has 13 heteroatoms. The van der Waals surface area contributed by atoms with Crippen molar-refractivity contribution >= 4 is 41.3 Å². The van der Waals surface area contributed by atoms with E-state index < -0.39 is 12.2 Å². The summed E-state index contributed by atoms with van der Waals surface area (Å²) in [6, 6.07) is 32.2. The first-order chi connectivity index (χ1) is 30.1. The number of aromatic amines is 1. The number of esters is 1. The van der Waals surface area contributed by atoms with E-state index in [-0.39, 0.29) is 52.9 Å². The summed E-state index contributed by atoms with van der Waals surface area (Å²) in [6.07, 6.45) is 0.687. The minimum Gasteiger partial charge on any atom is -0.458 e. The van der Waals surface area contributed by atoms with Crippen molar-refractivity contribution in [2.75, 3.05) is 22.9 Å². The van der Waals surface area contributed by atoms with E-state index in [2.05, 4.69) is 69.3 Å². The number of carbonyl (C=O) groups is 1. The third-order valence-corrected chi connectivity index (χ3v) is 12.6. The van der Waals surface area contributed by atoms with Crippen molar-refractivity contribution in [3.8, 4) is 29.0 Å². The van der Waals surface area contributed by atoms with Gasteiger partial charge in [0, 0.05) is 53.5 Å². The predicted molar refractivity (Wildman–Crippen MR) is 242 cm³/mol. The van der Waals surface area contributed by atoms with E-state index in [9.17, 15) is 15.3 Å². The first-order valence-electron chi connectivity index (χ1n) is 21.4. The number of nitrogens with zero attached hydrogens (tertiary/aromatic N) is 5. The lowest BCUT2D eigenvalue weighted by atomic mass is 9.75. The highest BCUT2D eigenvalue weighted by Crippen LogP contribution is 2.48. The minimum atomic E-state index is -1.09. The number of anilines is 3. The van der Waals surface area contributed by atoms with Crippen molar-refractivity contribution in [2.24, 2.45) is 17.8 Å². The Kier molecular flexibility index (Phi) is 13.4. The summed E-state index contributed by atoms with van der Waals surface area (Å²) in [7, 11) is 0. The SMILES string of the molecule is CCN(CC)c1ccc(N(c2c(C#N)c(C(=O)OC3C(C)CC(C)CC3C)c3nc(-c4ccccc4C)[nH]n23)C(CC2c3ccccc3Oc3ccccc32)OO)c(C)c1.O=S. The van der Waals surface area contributed by atoms with Gasteiger partial charge in [0.05, 0.1) is 0 Å². The van der Waals surface area contributed by atoms with E-state index in [1.54, 1.807) is 4.52 Å². The summed E-state index contributed by atoms with van der Waals surface area (Å²) < 4.78 is 22.3. The summed E-state index contributed by atoms with van der Waals surface area (Å²) >= 11 is 2.83. The number of para-hydroxylation sites is 2. The molecule has 0 amide bonds. The van der Waals surface area contributed by atoms with Gasteiger partial charge in [0.15, 0.2) is 36.1 Å². The average Bonchev–Trinajstić information content (AvgIpc) is 3.83. The van der Waals surface area contributed by atoms with Crippen LogP contribution >= 0.6 is 0 Å². The van der Waals surface area contributed by atoms with Crippen LogP contribution in [0.4, 0.5) is 17.2 Å². The topological polar surface area (TPSA) is 145 Å². The fourth-order valence-electron chi connectivity index (χ4n) is 9.85. The smallest absolute Gasteiger partial charge is 0.343 e. The molecular weight excluding hydrogens is 801 g/mol. The molecule has 3 unspecified atom stereocenters. The maximum absolute atomic E-state index is 14.8. The number of nitrogens with one attached hydrogen (secondary N) is 1. The van der Waals surface area contributed by atoms with Crippen LogP contribution in [0.15, 0.2) is 91.0 Å². The molecule has 6 aromatic rings. The number of hydrogen-bond donors (Lipinski definition) is 2. The normalized spacial score (nSPS) is 18.6. The van der Waals surface area contributed by atoms with Gasteiger partial charge in [-0.2, -0.15) is 9.47 Å². The Hall–Kier alpha value is -6.07. The van der Waals surface area contributed by atoms with E-state index in [0.29, 0.717) is 28.9 Å². The maximum atomic E-state index is 14.8. The fraction of sp³-hybridized carbons (Fsp3) is 0.367. The molecule has 4 aromatic carbocycles. The molecule has 62 heavy (non-hydrogen) atoms. The van der Waals surface area contributed by atoms with Crippen LogP contribution in [0.5, 0.6) is 11.5 Å². The molecule has 1 aliphatic heterocycles. The Morgan fingerprint density at radius 1 is 0.935 bits per heavy atom. The molecule has 1 aliphatic carbocycles. The average molecular weight is 855 g/mol. The monoisotopic (exact) mass is 854 g/mol. The number of ether oxygens (including phenoxy) is 2. The lowest BCUT2D eigenvalue weighted by Crippen LogP contribution is -2.37. The molecular formula is C49H54N6O6S. The number of nitriles is 1. The lowest BCUT2D eigenvalue weighted by molar-refractivity contribution is -0.278. The van der Waals surface area contributed by atoms with Crippen molar-refractivity contribution in [1.29, 1.82) is 5.26 Å². The first-order valence-corrected chi connectivity index (χ1v) is 21.7. The second kappa shape index (κ2) is 18.9. The third kappa shape index (κ3) is 8.18. The zero-order valence-electron chi connectivity index (χ0n) is 36.3. The molecule has 0 spiro atoms. The van der Waals surface area contributed by atoms with Crippen LogP contribution in [0.3, 0.4) is 0 Å². The number of carbonyl (C=O) groups excluding carboxylic acids is 1. The summed E-state index contributed by atoms with van der Waals surface area (Å²) in [4.78, 5) is 29.6. The quantitative estimate of drug-likeness (QED) is 0.0525. The third-order valence-electron chi connectivity index (χ3n) is 12.6. The van der Waals surface area contributed by atoms with Gasteiger partial charge in [0.2, 0.25) is 0 Å². The highest BCUT2D eigenvalue weighted by molar-refractivity contribution is 7.44. The van der Waals surface area contributed by atoms with Gasteiger partial charge in [-0.25, -0.2) is 24.4 Å². The molecule has 2 aromatic heterocycles. The van der Waals surface area contributed by atoms with E-state index >= 15 is 0 Å². The number of aryl methyl sites for hydroxylation is 2. The van der Waals surface area contributed by atoms with Crippen LogP contribution in [-0.2, 0) is 22.2 Å². The number of benzene rings is 4. The van der Waals surface area contributed by atoms with Crippen LogP contribution < -0.4 is 14.5 Å². The Labute approximate surface area is 368 Å². The molecule has 1 fully saturated rings. The second-order valence-corrected chi connectivity index (χ2v) is 16.7. The Bertz CT molecular complexity index is 2540. The second-order valence-electron chi connectivity index (χ2n) is 16.7. The number of hydrogen-bond acceptors (Lipinski definition) is 11. The Morgan fingerprint density at radius 2 is 1.55 bits per heavy atom. The van der Waals surface area contributed by atoms with Gasteiger partial charge in [-0.05, 0) is 99.7 Å². The van der Waals surface area contributed by atoms with E-state index in [1.807, 2.05) is 104 Å². The number of H-pyrrole nitrogens is 1. The van der Waals surface area contributed by atoms with Crippen LogP contribution in [0.1, 0.15) is 98.0 Å². The molecule has 8 rings (SSSR count). The van der Waals surface area contributed by atoms with Gasteiger partial charge < -0.3 is 14.4 Å². The standard InChI is InChI=1S/C49H54N6O5.OS/c1-8-53(9-2)34-22-23-40(31(5)26-34)54(43(60-57)27-38-36-18-12-14-20-41(36)58-42-21-15-13-19-37(38)42)48-39(28-50)44(49(56)59-45-32(6)24-29(3)25-33(45)7)47-51-46(52-55(47)48)35-17-11-10-16-30(35)4;1-2/h10-23,26,29,32-33,38,43,45,57H,8-9,24-25,27H2,1-7H3,(H,51,52);. The van der Waals surface area contributed by atoms with Gasteiger partial charge in [0.1, 0.15) is 34.8 Å². The lowest BCUT2D eigenvalue weighted by Gasteiger charge is -2.37. The van der Waals surface area contributed by atoms with Crippen molar-refractivity contribution in [1.82, 2.24) is 14.6 Å². The van der Waals surface area contributed by atoms with E-state index in [1.165, 1.54) is 0 Å². The molecule has 2 N–H and O–H groups in total. The highest BCUT2D eigenvalue weighted by atomic mass is 32.1. The Morgan fingerprint density at radius 3 is 2.13 bits per heavy atom. The predicted octanol–water partition coefficient (Wildman–Crippen LogP) is 10.8. The molecule has 12 nitrogen and oxygen atoms in total. The molecule has 0 saturated heterocycles. The number of fused-ring (bicyclic) bond motifs is 3. The van der Waals surface area contributed by atoms with Gasteiger partial charge in [0.25, 0.3) is 0 Å². The van der Waals surface area contributed by atoms with Crippen molar-refractivity contribution in [3.05, 3.63) is 124 Å². The van der Waals surface area contributed by atoms with E-state index in [4.69, 9.17) is 23.6 Å². The van der Waals surface area contributed by atoms with Gasteiger partial charge in [-0.3, -0.25) is 10.00 Å². The van der Waals surface area contributed by atoms with Crippen LogP contribution in [0.25, 0.3) is 17.0 Å². The van der Waals surface area contributed by atoms with Crippen LogP contribution in [0.2, 0.25) is 0 Å². The summed E-state index contributed by atoms with van der Waals surface area (Å²) in [5, 5.41) is 26.0. The molecule has 2 aliphatic rings. The van der Waals surface area contributed by atoms with Gasteiger partial charge in [-0.15, -0.1) is 0 Å². The summed E-state index contributed by atoms with van der Waals surface area (Å²) in [6.45, 7) is 16.4. The van der Waals surface area contributed by atoms with Gasteiger partial charge >= 0.3 is 5.97 Å². The molecule has 0 bridgehead atoms. The molecule has 3 heterocycles. The number of rotatable bonds is 12.